The van der Waals surface area contributed by atoms with Gasteiger partial charge in [-0.1, -0.05) is 31.4 Å². The van der Waals surface area contributed by atoms with Gasteiger partial charge < -0.3 is 10.5 Å². The molecule has 0 radical (unpaired) electrons. The van der Waals surface area contributed by atoms with E-state index in [9.17, 15) is 0 Å². The predicted octanol–water partition coefficient (Wildman–Crippen LogP) is 3.03. The lowest BCUT2D eigenvalue weighted by Crippen LogP contribution is -2.51. The van der Waals surface area contributed by atoms with Crippen molar-refractivity contribution in [3.05, 3.63) is 29.8 Å². The summed E-state index contributed by atoms with van der Waals surface area (Å²) in [5, 5.41) is 0. The number of likely N-dealkylation sites (N-methyl/N-ethyl adjacent to an activating group) is 1. The van der Waals surface area contributed by atoms with Crippen LogP contribution in [0.5, 0.6) is 5.75 Å². The number of nitrogens with two attached hydrogens (primary N) is 1. The van der Waals surface area contributed by atoms with E-state index in [0.29, 0.717) is 0 Å². The maximum absolute atomic E-state index is 6.07. The van der Waals surface area contributed by atoms with Gasteiger partial charge in [-0.2, -0.15) is 0 Å². The molecule has 0 bridgehead atoms. The average Bonchev–Trinajstić information content (AvgIpc) is 2.43. The SMILES string of the molecule is COc1ccc(CN(C)C(C)(CN)CC2CCC2)cc1. The van der Waals surface area contributed by atoms with Crippen LogP contribution in [0.2, 0.25) is 0 Å². The van der Waals surface area contributed by atoms with Crippen LogP contribution in [-0.4, -0.2) is 31.1 Å². The molecule has 1 fully saturated rings. The van der Waals surface area contributed by atoms with E-state index in [1.807, 2.05) is 12.1 Å². The molecule has 20 heavy (non-hydrogen) atoms. The highest BCUT2D eigenvalue weighted by molar-refractivity contribution is 5.27. The van der Waals surface area contributed by atoms with E-state index in [-0.39, 0.29) is 5.54 Å². The van der Waals surface area contributed by atoms with Crippen LogP contribution >= 0.6 is 0 Å². The number of ether oxygens (including phenoxy) is 1. The largest absolute Gasteiger partial charge is 0.497 e. The summed E-state index contributed by atoms with van der Waals surface area (Å²) in [6.07, 6.45) is 5.38. The van der Waals surface area contributed by atoms with Gasteiger partial charge >= 0.3 is 0 Å². The van der Waals surface area contributed by atoms with Crippen LogP contribution in [-0.2, 0) is 6.54 Å². The van der Waals surface area contributed by atoms with E-state index in [2.05, 4.69) is 31.0 Å². The minimum absolute atomic E-state index is 0.102. The summed E-state index contributed by atoms with van der Waals surface area (Å²) in [6, 6.07) is 8.31. The van der Waals surface area contributed by atoms with Crippen LogP contribution in [0, 0.1) is 5.92 Å². The van der Waals surface area contributed by atoms with Crippen molar-refractivity contribution in [3.8, 4) is 5.75 Å². The number of hydrogen-bond acceptors (Lipinski definition) is 3. The minimum Gasteiger partial charge on any atom is -0.497 e. The number of nitrogens with zero attached hydrogens (tertiary/aromatic N) is 1. The van der Waals surface area contributed by atoms with Gasteiger partial charge in [-0.3, -0.25) is 4.90 Å². The molecule has 1 aliphatic rings. The van der Waals surface area contributed by atoms with Crippen molar-refractivity contribution in [2.75, 3.05) is 20.7 Å². The van der Waals surface area contributed by atoms with Gasteiger partial charge in [-0.25, -0.2) is 0 Å². The Balaban J connectivity index is 1.97. The van der Waals surface area contributed by atoms with Gasteiger partial charge in [-0.15, -0.1) is 0 Å². The van der Waals surface area contributed by atoms with Crippen LogP contribution in [0.1, 0.15) is 38.2 Å². The smallest absolute Gasteiger partial charge is 0.118 e. The molecule has 2 rings (SSSR count). The van der Waals surface area contributed by atoms with Gasteiger partial charge in [0.25, 0.3) is 0 Å². The van der Waals surface area contributed by atoms with Gasteiger partial charge in [0.1, 0.15) is 5.75 Å². The summed E-state index contributed by atoms with van der Waals surface area (Å²) in [7, 11) is 3.89. The van der Waals surface area contributed by atoms with Gasteiger partial charge in [-0.05, 0) is 44.0 Å². The molecule has 1 saturated carbocycles. The third-order valence-corrected chi connectivity index (χ3v) is 4.89. The van der Waals surface area contributed by atoms with Gasteiger partial charge in [0, 0.05) is 18.6 Å². The van der Waals surface area contributed by atoms with Crippen LogP contribution in [0.4, 0.5) is 0 Å². The molecular formula is C17H28N2O. The summed E-state index contributed by atoms with van der Waals surface area (Å²) < 4.78 is 5.20. The zero-order valence-electron chi connectivity index (χ0n) is 13.1. The Labute approximate surface area is 123 Å². The van der Waals surface area contributed by atoms with Gasteiger partial charge in [0.05, 0.1) is 7.11 Å². The summed E-state index contributed by atoms with van der Waals surface area (Å²) in [4.78, 5) is 2.41. The Morgan fingerprint density at radius 2 is 1.95 bits per heavy atom. The van der Waals surface area contributed by atoms with Gasteiger partial charge in [0.15, 0.2) is 0 Å². The topological polar surface area (TPSA) is 38.5 Å². The average molecular weight is 276 g/mol. The Hall–Kier alpha value is -1.06. The van der Waals surface area contributed by atoms with E-state index < -0.39 is 0 Å². The fourth-order valence-electron chi connectivity index (χ4n) is 2.91. The van der Waals surface area contributed by atoms with Crippen molar-refractivity contribution in [2.24, 2.45) is 11.7 Å². The highest BCUT2D eigenvalue weighted by Crippen LogP contribution is 2.35. The van der Waals surface area contributed by atoms with Crippen LogP contribution in [0.15, 0.2) is 24.3 Å². The van der Waals surface area contributed by atoms with Crippen molar-refractivity contribution in [2.45, 2.75) is 44.7 Å². The summed E-state index contributed by atoms with van der Waals surface area (Å²) in [6.45, 7) is 3.95. The Kier molecular flexibility index (Phi) is 5.06. The molecule has 1 aromatic carbocycles. The third-order valence-electron chi connectivity index (χ3n) is 4.89. The van der Waals surface area contributed by atoms with E-state index in [4.69, 9.17) is 10.5 Å². The fourth-order valence-corrected chi connectivity index (χ4v) is 2.91. The zero-order chi connectivity index (χ0) is 14.6. The molecular weight excluding hydrogens is 248 g/mol. The lowest BCUT2D eigenvalue weighted by atomic mass is 9.76. The highest BCUT2D eigenvalue weighted by Gasteiger charge is 2.33. The van der Waals surface area contributed by atoms with Crippen molar-refractivity contribution in [1.82, 2.24) is 4.90 Å². The molecule has 1 aromatic rings. The summed E-state index contributed by atoms with van der Waals surface area (Å²) in [5.74, 6) is 1.79. The summed E-state index contributed by atoms with van der Waals surface area (Å²) >= 11 is 0. The first-order valence-electron chi connectivity index (χ1n) is 7.61. The normalized spacial score (nSPS) is 18.6. The molecule has 0 aliphatic heterocycles. The zero-order valence-corrected chi connectivity index (χ0v) is 13.1. The number of benzene rings is 1. The Morgan fingerprint density at radius 3 is 2.40 bits per heavy atom. The summed E-state index contributed by atoms with van der Waals surface area (Å²) in [5.41, 5.74) is 7.48. The molecule has 0 aromatic heterocycles. The Morgan fingerprint density at radius 1 is 1.30 bits per heavy atom. The molecule has 3 heteroatoms. The molecule has 1 unspecified atom stereocenters. The van der Waals surface area contributed by atoms with E-state index in [0.717, 1.165) is 24.8 Å². The molecule has 3 nitrogen and oxygen atoms in total. The van der Waals surface area contributed by atoms with Crippen LogP contribution in [0.3, 0.4) is 0 Å². The van der Waals surface area contributed by atoms with Gasteiger partial charge in [0.2, 0.25) is 0 Å². The Bertz CT molecular complexity index is 414. The quantitative estimate of drug-likeness (QED) is 0.832. The minimum atomic E-state index is 0.102. The van der Waals surface area contributed by atoms with Crippen LogP contribution in [0.25, 0.3) is 0 Å². The number of methoxy groups -OCH3 is 1. The molecule has 1 atom stereocenters. The highest BCUT2D eigenvalue weighted by atomic mass is 16.5. The van der Waals surface area contributed by atoms with E-state index >= 15 is 0 Å². The lowest BCUT2D eigenvalue weighted by molar-refractivity contribution is 0.0856. The monoisotopic (exact) mass is 276 g/mol. The lowest BCUT2D eigenvalue weighted by Gasteiger charge is -2.42. The molecule has 0 heterocycles. The van der Waals surface area contributed by atoms with Crippen molar-refractivity contribution in [1.29, 1.82) is 0 Å². The maximum atomic E-state index is 6.07. The van der Waals surface area contributed by atoms with E-state index in [1.54, 1.807) is 7.11 Å². The van der Waals surface area contributed by atoms with Crippen molar-refractivity contribution >= 4 is 0 Å². The predicted molar refractivity (Wildman–Crippen MR) is 83.9 cm³/mol. The second kappa shape index (κ2) is 6.59. The molecule has 0 saturated heterocycles. The molecule has 1 aliphatic carbocycles. The maximum Gasteiger partial charge on any atom is 0.118 e. The number of rotatable bonds is 7. The van der Waals surface area contributed by atoms with Crippen molar-refractivity contribution in [3.63, 3.8) is 0 Å². The van der Waals surface area contributed by atoms with E-state index in [1.165, 1.54) is 31.2 Å². The third kappa shape index (κ3) is 3.53. The molecule has 0 spiro atoms. The fraction of sp³-hybridized carbons (Fsp3) is 0.647. The first-order chi connectivity index (χ1) is 9.57. The van der Waals surface area contributed by atoms with Crippen molar-refractivity contribution < 1.29 is 4.74 Å². The second-order valence-corrected chi connectivity index (χ2v) is 6.41. The van der Waals surface area contributed by atoms with Crippen LogP contribution < -0.4 is 10.5 Å². The number of hydrogen-bond donors (Lipinski definition) is 1. The molecule has 112 valence electrons. The standard InChI is InChI=1S/C17H28N2O/c1-17(13-18,11-14-5-4-6-14)19(2)12-15-7-9-16(20-3)10-8-15/h7-10,14H,4-6,11-13,18H2,1-3H3. The first kappa shape index (κ1) is 15.3. The second-order valence-electron chi connectivity index (χ2n) is 6.41. The molecule has 0 amide bonds. The molecule has 2 N–H and O–H groups in total. The first-order valence-corrected chi connectivity index (χ1v) is 7.61.